The number of piperidine rings is 1. The van der Waals surface area contributed by atoms with E-state index in [4.69, 9.17) is 49.2 Å². The lowest BCUT2D eigenvalue weighted by atomic mass is 9.78. The predicted molar refractivity (Wildman–Crippen MR) is 496 cm³/mol. The number of carbonyl (C=O) groups is 8. The first-order valence-electron chi connectivity index (χ1n) is 47.0. The minimum Gasteiger partial charge on any atom is -0.460 e. The number of nitrogen functional groups attached to an aromatic ring is 1. The zero-order valence-electron chi connectivity index (χ0n) is 77.7. The number of benzene rings is 1. The van der Waals surface area contributed by atoms with E-state index in [1.807, 2.05) is 84.0 Å². The molecule has 1 aliphatic carbocycles. The summed E-state index contributed by atoms with van der Waals surface area (Å²) in [6.45, 7) is 17.1. The lowest BCUT2D eigenvalue weighted by Crippen LogP contribution is -2.58. The zero-order valence-corrected chi connectivity index (χ0v) is 77.7. The van der Waals surface area contributed by atoms with Crippen molar-refractivity contribution in [3.8, 4) is 11.3 Å². The Morgan fingerprint density at radius 1 is 0.672 bits per heavy atom. The summed E-state index contributed by atoms with van der Waals surface area (Å²) in [5, 5.41) is 30.3. The number of nitrogens with zero attached hydrogens (tertiary/aromatic N) is 18. The zero-order chi connectivity index (χ0) is 94.2. The Morgan fingerprint density at radius 2 is 1.37 bits per heavy atom. The number of methoxy groups -OCH3 is 3. The summed E-state index contributed by atoms with van der Waals surface area (Å²) in [6, 6.07) is 9.06. The number of pyridine rings is 1. The second-order valence-electron chi connectivity index (χ2n) is 37.2. The number of hydrogen-bond donors (Lipinski definition) is 4. The van der Waals surface area contributed by atoms with Gasteiger partial charge >= 0.3 is 12.1 Å². The summed E-state index contributed by atoms with van der Waals surface area (Å²) in [6.07, 6.45) is 23.6. The van der Waals surface area contributed by atoms with Gasteiger partial charge in [-0.1, -0.05) is 82.4 Å². The molecule has 14 atom stereocenters. The minimum absolute atomic E-state index is 0.0228. The number of anilines is 4. The molecular formula is C98H122N20O16. The lowest BCUT2D eigenvalue weighted by molar-refractivity contribution is -0.245. The fourth-order valence-corrected chi connectivity index (χ4v) is 20.1. The monoisotopic (exact) mass is 1830 g/mol. The Bertz CT molecular complexity index is 5750. The Morgan fingerprint density at radius 3 is 2.10 bits per heavy atom. The number of H-pyrrole nitrogens is 1. The number of amides is 4. The number of cyclic esters (lactones) is 1. The molecule has 36 heteroatoms. The number of nitrogens with one attached hydrogen (secondary N) is 1. The van der Waals surface area contributed by atoms with E-state index in [-0.39, 0.29) is 74.0 Å². The van der Waals surface area contributed by atoms with Crippen molar-refractivity contribution in [3.05, 3.63) is 167 Å². The second-order valence-corrected chi connectivity index (χ2v) is 37.2. The second kappa shape index (κ2) is 42.1. The molecular weight excluding hydrogens is 1710 g/mol. The van der Waals surface area contributed by atoms with E-state index < -0.39 is 96.1 Å². The van der Waals surface area contributed by atoms with Crippen molar-refractivity contribution in [3.63, 3.8) is 0 Å². The molecule has 7 aliphatic heterocycles. The van der Waals surface area contributed by atoms with E-state index in [1.165, 1.54) is 18.3 Å². The number of nitrogens with two attached hydrogens (primary N) is 1. The normalized spacial score (nSPS) is 26.9. The first kappa shape index (κ1) is 95.0. The molecule has 7 aromatic heterocycles. The summed E-state index contributed by atoms with van der Waals surface area (Å²) in [5.74, 6) is -6.35. The van der Waals surface area contributed by atoms with Crippen LogP contribution in [0.2, 0.25) is 0 Å². The SMILES string of the molecule is CO[C@H]1C[C@@H]2CCC[C@@](O)(O2)C(=O)C(=O)N2CCCC[C@H]2C(=O)O[C@H]([C@H](C)C[C@@H]2CC[C@@H](OC(=O)N3CCc4nc(N5CCN(c6ncc(C(=O)N7CCN(c8ncc(C(=O)N9CCc%10cc(Cn%11nc(-c%12cnc%13[nH]ccc%13c%12)c%12c(N)ncnc%12%11)ccc%10C9)cn8)CC7)cn6)CC5)ncc4C3)[C@H](OC)C2)CC(=O)[C@H](C)/C=C(\C)[C@@H](O)[C@@H](OC)C(=O)[C@H](C)C[C@H](C)/C=C/C=CC=C1C. The molecule has 0 unspecified atom stereocenters. The Hall–Kier alpha value is -12.2. The number of Topliss-reactive ketones (excluding diaryl/α,β-unsaturated/α-hetero) is 3. The maximum atomic E-state index is 14.8. The quantitative estimate of drug-likeness (QED) is 0.0421. The van der Waals surface area contributed by atoms with Crippen LogP contribution in [0.15, 0.2) is 128 Å². The summed E-state index contributed by atoms with van der Waals surface area (Å²) >= 11 is 0. The molecule has 2 bridgehead atoms. The van der Waals surface area contributed by atoms with Crippen molar-refractivity contribution in [2.45, 2.75) is 212 Å². The number of hydrogen-bond acceptors (Lipinski definition) is 30. The maximum absolute atomic E-state index is 14.8. The number of aromatic amines is 1. The van der Waals surface area contributed by atoms with Crippen LogP contribution in [0.25, 0.3) is 33.3 Å². The third kappa shape index (κ3) is 21.4. The van der Waals surface area contributed by atoms with Crippen LogP contribution in [-0.2, 0) is 84.9 Å². The number of fused-ring (bicyclic) bond motifs is 7. The van der Waals surface area contributed by atoms with Gasteiger partial charge in [0.2, 0.25) is 23.6 Å². The van der Waals surface area contributed by atoms with Gasteiger partial charge < -0.3 is 83.7 Å². The highest BCUT2D eigenvalue weighted by molar-refractivity contribution is 6.39. The number of aliphatic hydroxyl groups is 2. The number of carbonyl (C=O) groups excluding carboxylic acids is 8. The molecule has 5 N–H and O–H groups in total. The van der Waals surface area contributed by atoms with Gasteiger partial charge in [0.15, 0.2) is 11.4 Å². The molecule has 14 heterocycles. The van der Waals surface area contributed by atoms with Gasteiger partial charge in [-0.25, -0.2) is 59.1 Å². The lowest BCUT2D eigenvalue weighted by Gasteiger charge is -2.40. The fourth-order valence-electron chi connectivity index (χ4n) is 20.1. The van der Waals surface area contributed by atoms with Gasteiger partial charge in [-0.15, -0.1) is 0 Å². The molecule has 36 nitrogen and oxygen atoms in total. The van der Waals surface area contributed by atoms with Crippen LogP contribution < -0.4 is 20.4 Å². The van der Waals surface area contributed by atoms with Crippen LogP contribution in [0.5, 0.6) is 0 Å². The van der Waals surface area contributed by atoms with Crippen molar-refractivity contribution < 1.29 is 77.0 Å². The van der Waals surface area contributed by atoms with Crippen molar-refractivity contribution in [1.82, 2.24) is 79.2 Å². The topological polar surface area (TPSA) is 431 Å². The number of ketones is 3. The molecule has 0 spiro atoms. The van der Waals surface area contributed by atoms with E-state index in [1.54, 1.807) is 88.0 Å². The Labute approximate surface area is 778 Å². The smallest absolute Gasteiger partial charge is 0.410 e. The highest BCUT2D eigenvalue weighted by Gasteiger charge is 2.50. The van der Waals surface area contributed by atoms with Crippen LogP contribution in [0.4, 0.5) is 28.5 Å². The Kier molecular flexibility index (Phi) is 29.9. The molecule has 8 aromatic rings. The molecule has 5 fully saturated rings. The fraction of sp³-hybridized carbons (Fsp3) is 0.531. The molecule has 4 saturated heterocycles. The Balaban J connectivity index is 0.485. The van der Waals surface area contributed by atoms with E-state index in [2.05, 4.69) is 67.9 Å². The standard InChI is InChI=1S/C98H122N20O16/c1-58-16-11-10-12-17-59(2)78(129-7)46-73-18-15-27-98(128,134-73)86(122)92(125)117-29-14-13-19-75(117)93(126)132-79(47-76(119)60(3)41-63(6)84(121)85(131-9)83(120)62(5)40-58)61(4)42-64-21-23-77(80(44-64)130-8)133-97(127)116-31-26-74-72(56-116)53-106-96(109-74)114-38-36-113(37-39-114)95-102-49-70(50-103-95)90(123)111-32-34-112(35-33-111)94-104-51-71(52-105-94)91(124)115-30-25-66-43-65(20-22-68(66)55-115)54-118-89-81(87(99)107-57-108-89)82(110-118)69-45-67-24-28-100-88(67)101-48-69/h10-12,16-17,20,22,24,28,41,43,45,48-53,57-58,60-62,64,73,75,77-80,84-85,121,128H,13-15,18-19,21,23,25-27,29-40,42,44,46-47,54-56H2,1-9H3,(H,100,101)(H2,99,107,108)/b12-10?,16-11+,59-17?,63-41+/t58-,60-,61-,62-,64+,73+,75+,77-,78+,79+,80-,84-,85+,98-/m1/s1. The first-order valence-corrected chi connectivity index (χ1v) is 47.0. The third-order valence-electron chi connectivity index (χ3n) is 28.0. The molecule has 0 radical (unpaired) electrons. The summed E-state index contributed by atoms with van der Waals surface area (Å²) in [5.41, 5.74) is 16.2. The highest BCUT2D eigenvalue weighted by Crippen LogP contribution is 2.40. The summed E-state index contributed by atoms with van der Waals surface area (Å²) in [7, 11) is 4.52. The van der Waals surface area contributed by atoms with E-state index in [9.17, 15) is 48.6 Å². The van der Waals surface area contributed by atoms with Crippen LogP contribution in [-0.4, -0.2) is 284 Å². The molecule has 710 valence electrons. The third-order valence-corrected chi connectivity index (χ3v) is 28.0. The number of allylic oxidation sites excluding steroid dienone is 6. The van der Waals surface area contributed by atoms with Crippen molar-refractivity contribution in [2.75, 3.05) is 114 Å². The van der Waals surface area contributed by atoms with E-state index >= 15 is 0 Å². The summed E-state index contributed by atoms with van der Waals surface area (Å²) in [4.78, 5) is 172. The number of rotatable bonds is 15. The van der Waals surface area contributed by atoms with Gasteiger partial charge in [0.05, 0.1) is 53.6 Å². The molecule has 1 aromatic carbocycles. The number of ether oxygens (including phenoxy) is 6. The van der Waals surface area contributed by atoms with Crippen LogP contribution in [0.3, 0.4) is 0 Å². The van der Waals surface area contributed by atoms with Gasteiger partial charge in [-0.3, -0.25) is 28.8 Å². The predicted octanol–water partition coefficient (Wildman–Crippen LogP) is 9.31. The first-order chi connectivity index (χ1) is 64.7. The summed E-state index contributed by atoms with van der Waals surface area (Å²) < 4.78 is 38.3. The van der Waals surface area contributed by atoms with Gasteiger partial charge in [0.1, 0.15) is 59.7 Å². The van der Waals surface area contributed by atoms with Crippen molar-refractivity contribution >= 4 is 92.9 Å². The molecule has 8 aliphatic rings. The number of aromatic nitrogens is 12. The van der Waals surface area contributed by atoms with E-state index in [0.29, 0.717) is 206 Å². The highest BCUT2D eigenvalue weighted by atomic mass is 16.6. The molecule has 1 saturated carbocycles. The largest absolute Gasteiger partial charge is 0.460 e. The minimum atomic E-state index is -2.45. The van der Waals surface area contributed by atoms with Crippen LogP contribution in [0.1, 0.15) is 174 Å². The van der Waals surface area contributed by atoms with Crippen molar-refractivity contribution in [1.29, 1.82) is 0 Å². The van der Waals surface area contributed by atoms with Crippen LogP contribution >= 0.6 is 0 Å². The van der Waals surface area contributed by atoms with E-state index in [0.717, 1.165) is 50.1 Å². The van der Waals surface area contributed by atoms with Crippen LogP contribution in [0, 0.1) is 29.6 Å². The molecule has 16 rings (SSSR count). The number of piperazine rings is 2. The average molecular weight is 1840 g/mol. The maximum Gasteiger partial charge on any atom is 0.410 e. The number of esters is 1. The average Bonchev–Trinajstić information content (AvgIpc) is 1.57. The molecule has 134 heavy (non-hydrogen) atoms. The van der Waals surface area contributed by atoms with Gasteiger partial charge in [-0.05, 0) is 142 Å². The van der Waals surface area contributed by atoms with Crippen molar-refractivity contribution in [2.24, 2.45) is 29.6 Å². The molecule has 4 amide bonds. The van der Waals surface area contributed by atoms with Gasteiger partial charge in [0.25, 0.3) is 23.5 Å². The number of aliphatic hydroxyl groups excluding tert-OH is 1. The van der Waals surface area contributed by atoms with Gasteiger partial charge in [0, 0.05) is 197 Å². The van der Waals surface area contributed by atoms with Gasteiger partial charge in [-0.2, -0.15) is 5.10 Å².